The van der Waals surface area contributed by atoms with Gasteiger partial charge in [-0.2, -0.15) is 0 Å². The molecule has 1 aliphatic heterocycles. The van der Waals surface area contributed by atoms with Crippen LogP contribution in [0.4, 0.5) is 4.79 Å². The topological polar surface area (TPSA) is 104 Å². The van der Waals surface area contributed by atoms with E-state index in [1.54, 1.807) is 6.92 Å². The zero-order valence-corrected chi connectivity index (χ0v) is 64.1. The van der Waals surface area contributed by atoms with Gasteiger partial charge in [0.2, 0.25) is 0 Å². The molecule has 2 N–H and O–H groups in total. The fourth-order valence-electron chi connectivity index (χ4n) is 8.74. The van der Waals surface area contributed by atoms with Crippen LogP contribution in [0.3, 0.4) is 0 Å². The normalized spacial score (nSPS) is 36.0. The number of rotatable bonds is 17. The van der Waals surface area contributed by atoms with Gasteiger partial charge in [0.15, 0.2) is 11.7 Å². The molecule has 8 nitrogen and oxygen atoms in total. The van der Waals surface area contributed by atoms with E-state index in [1.165, 1.54) is 0 Å². The van der Waals surface area contributed by atoms with Crippen molar-refractivity contribution < 1.29 is 38.1 Å². The Balaban J connectivity index is 2.13. The summed E-state index contributed by atoms with van der Waals surface area (Å²) < 4.78 is 36.1. The van der Waals surface area contributed by atoms with Crippen LogP contribution in [0.5, 0.6) is 0 Å². The lowest BCUT2D eigenvalue weighted by atomic mass is 9.46. The van der Waals surface area contributed by atoms with E-state index < -0.39 is 151 Å². The van der Waals surface area contributed by atoms with Crippen LogP contribution in [-0.4, -0.2) is 58.1 Å². The molecule has 3 aliphatic carbocycles. The number of carbonyl (C=O) groups excluding carboxylic acids is 1. The highest BCUT2D eigenvalue weighted by molar-refractivity contribution is 9.19. The van der Waals surface area contributed by atoms with Gasteiger partial charge in [0.25, 0.3) is 0 Å². The Hall–Kier alpha value is 11.7. The first kappa shape index (κ1) is 63.2. The SMILES string of the molecule is CC1=C2C(OP(P(P)P)P(PP)P(P)P)C[C@]3(C)C(OP(P(P)P)P(P)P)CC(O)C(C)(O)C3C3OC(=O)OC3(CC1OP(P(P)P(P)P)P(P(P)P)P(P)P)C2(C)C. The first-order valence-corrected chi connectivity index (χ1v) is 69.3. The number of hydrogen-bond acceptors (Lipinski definition) is 8. The van der Waals surface area contributed by atoms with Gasteiger partial charge in [-0.15, -0.1) is 134 Å². The van der Waals surface area contributed by atoms with E-state index in [4.69, 9.17) is 23.0 Å². The monoisotopic (exact) mass is 1370 g/mol. The molecule has 4 aliphatic rings. The first-order valence-electron chi connectivity index (χ1n) is 17.1. The van der Waals surface area contributed by atoms with Gasteiger partial charge < -0.3 is 33.3 Å². The summed E-state index contributed by atoms with van der Waals surface area (Å²) in [5.41, 5.74) is -2.23. The third-order valence-corrected chi connectivity index (χ3v) is 152. The van der Waals surface area contributed by atoms with Gasteiger partial charge in [-0.25, -0.2) is 4.79 Å². The van der Waals surface area contributed by atoms with Gasteiger partial charge in [0.05, 0.1) is 52.6 Å². The Morgan fingerprint density at radius 2 is 1.24 bits per heavy atom. The van der Waals surface area contributed by atoms with Crippen molar-refractivity contribution in [2.75, 3.05) is 0 Å². The molecular formula is C21H62O8P30. The molecule has 4 rings (SSSR count). The largest absolute Gasteiger partial charge is 0.509 e. The summed E-state index contributed by atoms with van der Waals surface area (Å²) in [4.78, 5) is 14.1. The van der Waals surface area contributed by atoms with Crippen molar-refractivity contribution in [3.8, 4) is 0 Å². The summed E-state index contributed by atoms with van der Waals surface area (Å²) in [6, 6.07) is 0. The van der Waals surface area contributed by atoms with E-state index in [-0.39, 0.29) is 12.5 Å². The van der Waals surface area contributed by atoms with Crippen molar-refractivity contribution in [1.29, 1.82) is 0 Å². The van der Waals surface area contributed by atoms with Gasteiger partial charge in [0.1, 0.15) is 0 Å². The molecule has 0 aromatic carbocycles. The fraction of sp³-hybridized carbons (Fsp3) is 0.857. The Morgan fingerprint density at radius 3 is 1.69 bits per heavy atom. The summed E-state index contributed by atoms with van der Waals surface area (Å²) in [7, 11) is 47.0. The lowest BCUT2D eigenvalue weighted by Gasteiger charge is -2.64. The van der Waals surface area contributed by atoms with E-state index in [1.807, 2.05) is 0 Å². The van der Waals surface area contributed by atoms with Gasteiger partial charge in [-0.05, 0) is 80.3 Å². The standard InChI is InChI=1S/C21H62O8P30/c1-9-10(27-49(57(45)53(37)38)59(55(41)42)56(43)44)8-21-16(25-17(23)26-21)15-19(4,13(6-12(22)20(15,5)24)29-47(50(31)32)51(33)34)7-11(14(9)18(21,2)3)28-48(52(35)36)58(46-30)54(39)40/h10-13,15-16,22,24,46H,6-8,30-45H2,1-5H3/t10?,11?,12?,13?,15?,16?,19-,20?,21?,48?,49?,57?,58?/m1/s1. The summed E-state index contributed by atoms with van der Waals surface area (Å²) in [6.45, 7) is 5.32. The van der Waals surface area contributed by atoms with E-state index >= 15 is 0 Å². The van der Waals surface area contributed by atoms with Crippen LogP contribution in [0, 0.1) is 16.7 Å². The van der Waals surface area contributed by atoms with Gasteiger partial charge in [-0.3, -0.25) is 0 Å². The minimum absolute atomic E-state index is 0.250. The Labute approximate surface area is 407 Å². The first-order chi connectivity index (χ1) is 27.0. The minimum atomic E-state index is -1.65. The molecule has 38 heteroatoms. The van der Waals surface area contributed by atoms with Crippen molar-refractivity contribution in [2.24, 2.45) is 16.7 Å². The number of fused-ring (bicyclic) bond motifs is 3. The molecule has 30 atom stereocenters. The van der Waals surface area contributed by atoms with Gasteiger partial charge >= 0.3 is 6.16 Å². The van der Waals surface area contributed by atoms with Crippen LogP contribution in [0.2, 0.25) is 0 Å². The second-order valence-corrected chi connectivity index (χ2v) is 122. The third kappa shape index (κ3) is 14.3. The maximum Gasteiger partial charge on any atom is 0.509 e. The van der Waals surface area contributed by atoms with Crippen LogP contribution in [0.25, 0.3) is 0 Å². The fourth-order valence-corrected chi connectivity index (χ4v) is 204. The number of aliphatic hydroxyl groups excluding tert-OH is 1. The highest BCUT2D eigenvalue weighted by Gasteiger charge is 2.75. The zero-order valence-electron chi connectivity index (χ0n) is 33.0. The summed E-state index contributed by atoms with van der Waals surface area (Å²) >= 11 is 0. The molecule has 344 valence electrons. The Morgan fingerprint density at radius 1 is 0.712 bits per heavy atom. The number of ether oxygens (including phenoxy) is 2. The molecule has 29 unspecified atom stereocenters. The third-order valence-electron chi connectivity index (χ3n) is 11.2. The molecule has 1 spiro atoms. The lowest BCUT2D eigenvalue weighted by molar-refractivity contribution is -0.253. The molecule has 3 fully saturated rings. The molecule has 0 aromatic heterocycles. The van der Waals surface area contributed by atoms with Gasteiger partial charge in [0, 0.05) is 50.6 Å². The second kappa shape index (κ2) is 26.9. The lowest BCUT2D eigenvalue weighted by Crippen LogP contribution is -2.73. The summed E-state index contributed by atoms with van der Waals surface area (Å²) in [5.74, 6) is -0.757. The van der Waals surface area contributed by atoms with E-state index in [9.17, 15) is 15.0 Å². The average molecular weight is 1370 g/mol. The molecule has 2 saturated carbocycles. The van der Waals surface area contributed by atoms with Crippen molar-refractivity contribution in [3.05, 3.63) is 11.1 Å². The molecule has 1 saturated heterocycles. The molecule has 2 bridgehead atoms. The highest BCUT2D eigenvalue weighted by Crippen LogP contribution is 3.18. The van der Waals surface area contributed by atoms with Crippen LogP contribution >= 0.6 is 243 Å². The number of carbonyl (C=O) groups is 1. The maximum absolute atomic E-state index is 14.1. The highest BCUT2D eigenvalue weighted by atomic mass is 33.2. The van der Waals surface area contributed by atoms with Crippen molar-refractivity contribution in [2.45, 2.75) is 95.6 Å². The van der Waals surface area contributed by atoms with Crippen molar-refractivity contribution >= 4 is 249 Å². The minimum Gasteiger partial charge on any atom is -0.426 e. The van der Waals surface area contributed by atoms with E-state index in [0.717, 1.165) is 11.1 Å². The Kier molecular flexibility index (Phi) is 28.8. The average Bonchev–Trinajstić information content (AvgIpc) is 3.41. The number of hydrogen-bond donors (Lipinski definition) is 2. The molecule has 59 heavy (non-hydrogen) atoms. The predicted octanol–water partition coefficient (Wildman–Crippen LogP) is 19.1. The van der Waals surface area contributed by atoms with E-state index in [0.29, 0.717) is 20.8 Å². The maximum atomic E-state index is 14.1. The predicted molar refractivity (Wildman–Crippen MR) is 351 cm³/mol. The van der Waals surface area contributed by atoms with Crippen LogP contribution in [0.1, 0.15) is 53.9 Å². The Bertz CT molecular complexity index is 1480. The van der Waals surface area contributed by atoms with Crippen LogP contribution in [-0.2, 0) is 23.0 Å². The summed E-state index contributed by atoms with van der Waals surface area (Å²) in [6.07, 6.45) is -2.89. The quantitative estimate of drug-likeness (QED) is 0.0843. The van der Waals surface area contributed by atoms with Crippen molar-refractivity contribution in [3.63, 3.8) is 0 Å². The van der Waals surface area contributed by atoms with Crippen LogP contribution in [0.15, 0.2) is 11.1 Å². The molecule has 0 amide bonds. The second-order valence-electron chi connectivity index (χ2n) is 15.1. The van der Waals surface area contributed by atoms with Gasteiger partial charge in [-0.1, -0.05) is 37.7 Å². The smallest absolute Gasteiger partial charge is 0.426 e. The molecular weight excluding hydrogens is 1310 g/mol. The summed E-state index contributed by atoms with van der Waals surface area (Å²) in [5, 5.41) is 25.0. The van der Waals surface area contributed by atoms with Crippen molar-refractivity contribution in [1.82, 2.24) is 0 Å². The molecule has 1 heterocycles. The van der Waals surface area contributed by atoms with Crippen LogP contribution < -0.4 is 0 Å². The zero-order chi connectivity index (χ0) is 45.1. The molecule has 0 aromatic rings. The number of aliphatic hydroxyl groups is 2. The van der Waals surface area contributed by atoms with E-state index in [2.05, 4.69) is 171 Å². The molecule has 0 radical (unpaired) electrons.